The van der Waals surface area contributed by atoms with Crippen LogP contribution in [0.2, 0.25) is 0 Å². The summed E-state index contributed by atoms with van der Waals surface area (Å²) in [7, 11) is 0. The fourth-order valence-electron chi connectivity index (χ4n) is 1.50. The van der Waals surface area contributed by atoms with Crippen LogP contribution in [0.3, 0.4) is 0 Å². The molecule has 0 fully saturated rings. The number of unbranched alkanes of at least 4 members (excludes halogenated alkanes) is 5. The SMILES string of the molecule is CCCCCCCC/N=C/c1ccco1. The van der Waals surface area contributed by atoms with Crippen molar-refractivity contribution in [3.05, 3.63) is 24.2 Å². The zero-order valence-corrected chi connectivity index (χ0v) is 9.61. The molecule has 0 unspecified atom stereocenters. The summed E-state index contributed by atoms with van der Waals surface area (Å²) < 4.78 is 5.14. The van der Waals surface area contributed by atoms with Crippen LogP contribution in [0, 0.1) is 0 Å². The van der Waals surface area contributed by atoms with Crippen LogP contribution in [0.1, 0.15) is 51.2 Å². The van der Waals surface area contributed by atoms with Gasteiger partial charge >= 0.3 is 0 Å². The minimum atomic E-state index is 0.848. The molecule has 0 saturated carbocycles. The maximum atomic E-state index is 5.14. The molecule has 15 heavy (non-hydrogen) atoms. The maximum absolute atomic E-state index is 5.14. The Balaban J connectivity index is 1.93. The maximum Gasteiger partial charge on any atom is 0.144 e. The Morgan fingerprint density at radius 3 is 2.73 bits per heavy atom. The van der Waals surface area contributed by atoms with Crippen molar-refractivity contribution in [3.63, 3.8) is 0 Å². The van der Waals surface area contributed by atoms with Crippen LogP contribution in [-0.2, 0) is 0 Å². The fraction of sp³-hybridized carbons (Fsp3) is 0.615. The van der Waals surface area contributed by atoms with Crippen molar-refractivity contribution in [1.29, 1.82) is 0 Å². The molecule has 0 N–H and O–H groups in total. The highest BCUT2D eigenvalue weighted by atomic mass is 16.3. The van der Waals surface area contributed by atoms with E-state index in [-0.39, 0.29) is 0 Å². The summed E-state index contributed by atoms with van der Waals surface area (Å²) in [6.07, 6.45) is 11.4. The van der Waals surface area contributed by atoms with E-state index in [0.717, 1.165) is 12.3 Å². The monoisotopic (exact) mass is 207 g/mol. The highest BCUT2D eigenvalue weighted by Gasteiger charge is 1.90. The van der Waals surface area contributed by atoms with Crippen LogP contribution in [0.5, 0.6) is 0 Å². The quantitative estimate of drug-likeness (QED) is 0.466. The van der Waals surface area contributed by atoms with Gasteiger partial charge in [-0.1, -0.05) is 39.0 Å². The topological polar surface area (TPSA) is 25.5 Å². The van der Waals surface area contributed by atoms with Crippen molar-refractivity contribution in [3.8, 4) is 0 Å². The minimum absolute atomic E-state index is 0.848. The van der Waals surface area contributed by atoms with Gasteiger partial charge in [0.2, 0.25) is 0 Å². The number of furan rings is 1. The van der Waals surface area contributed by atoms with Crippen molar-refractivity contribution in [2.45, 2.75) is 45.4 Å². The zero-order chi connectivity index (χ0) is 10.8. The average molecular weight is 207 g/mol. The Labute approximate surface area is 92.4 Å². The first-order valence-corrected chi connectivity index (χ1v) is 5.97. The normalized spacial score (nSPS) is 11.3. The first-order chi connectivity index (χ1) is 7.43. The minimum Gasteiger partial charge on any atom is -0.463 e. The Morgan fingerprint density at radius 2 is 2.00 bits per heavy atom. The molecule has 0 radical (unpaired) electrons. The van der Waals surface area contributed by atoms with E-state index < -0.39 is 0 Å². The molecule has 0 spiro atoms. The summed E-state index contributed by atoms with van der Waals surface area (Å²) in [5.74, 6) is 0.848. The Bertz CT molecular complexity index is 252. The van der Waals surface area contributed by atoms with Gasteiger partial charge in [-0.05, 0) is 18.6 Å². The average Bonchev–Trinajstić information content (AvgIpc) is 2.75. The van der Waals surface area contributed by atoms with Gasteiger partial charge in [-0.2, -0.15) is 0 Å². The summed E-state index contributed by atoms with van der Waals surface area (Å²) in [5, 5.41) is 0. The van der Waals surface area contributed by atoms with Crippen molar-refractivity contribution in [1.82, 2.24) is 0 Å². The second kappa shape index (κ2) is 8.27. The van der Waals surface area contributed by atoms with Crippen molar-refractivity contribution < 1.29 is 4.42 Å². The molecule has 0 saturated heterocycles. The lowest BCUT2D eigenvalue weighted by Gasteiger charge is -1.97. The summed E-state index contributed by atoms with van der Waals surface area (Å²) >= 11 is 0. The fourth-order valence-corrected chi connectivity index (χ4v) is 1.50. The molecule has 0 aliphatic rings. The lowest BCUT2D eigenvalue weighted by atomic mass is 10.1. The summed E-state index contributed by atoms with van der Waals surface area (Å²) in [4.78, 5) is 4.31. The second-order valence-electron chi connectivity index (χ2n) is 3.82. The first-order valence-electron chi connectivity index (χ1n) is 5.97. The van der Waals surface area contributed by atoms with Crippen LogP contribution >= 0.6 is 0 Å². The van der Waals surface area contributed by atoms with Gasteiger partial charge in [0, 0.05) is 6.54 Å². The third-order valence-electron chi connectivity index (χ3n) is 2.40. The summed E-state index contributed by atoms with van der Waals surface area (Å²) in [5.41, 5.74) is 0. The predicted molar refractivity (Wildman–Crippen MR) is 64.5 cm³/mol. The molecule has 0 atom stereocenters. The number of rotatable bonds is 8. The highest BCUT2D eigenvalue weighted by Crippen LogP contribution is 2.04. The van der Waals surface area contributed by atoms with Gasteiger partial charge in [-0.25, -0.2) is 0 Å². The first kappa shape index (κ1) is 12.0. The standard InChI is InChI=1S/C13H21NO/c1-2-3-4-5-6-7-10-14-12-13-9-8-11-15-13/h8-9,11-12H,2-7,10H2,1H3/b14-12+. The molecule has 2 heteroatoms. The Hall–Kier alpha value is -1.05. The van der Waals surface area contributed by atoms with Gasteiger partial charge in [0.25, 0.3) is 0 Å². The Kier molecular flexibility index (Phi) is 6.63. The molecule has 2 nitrogen and oxygen atoms in total. The van der Waals surface area contributed by atoms with Crippen LogP contribution in [0.15, 0.2) is 27.8 Å². The third-order valence-corrected chi connectivity index (χ3v) is 2.40. The van der Waals surface area contributed by atoms with E-state index in [2.05, 4.69) is 11.9 Å². The molecule has 0 aliphatic heterocycles. The van der Waals surface area contributed by atoms with Gasteiger partial charge in [-0.3, -0.25) is 4.99 Å². The Morgan fingerprint density at radius 1 is 1.20 bits per heavy atom. The van der Waals surface area contributed by atoms with E-state index in [9.17, 15) is 0 Å². The van der Waals surface area contributed by atoms with Crippen LogP contribution < -0.4 is 0 Å². The third kappa shape index (κ3) is 6.10. The molecule has 84 valence electrons. The molecule has 1 aromatic heterocycles. The summed E-state index contributed by atoms with van der Waals surface area (Å²) in [6, 6.07) is 3.80. The molecule has 0 bridgehead atoms. The number of hydrogen-bond acceptors (Lipinski definition) is 2. The van der Waals surface area contributed by atoms with E-state index >= 15 is 0 Å². The van der Waals surface area contributed by atoms with E-state index in [1.54, 1.807) is 6.26 Å². The van der Waals surface area contributed by atoms with E-state index in [1.165, 1.54) is 38.5 Å². The van der Waals surface area contributed by atoms with Gasteiger partial charge in [0.15, 0.2) is 0 Å². The molecule has 0 amide bonds. The van der Waals surface area contributed by atoms with Gasteiger partial charge in [0.05, 0.1) is 12.5 Å². The van der Waals surface area contributed by atoms with Crippen molar-refractivity contribution in [2.75, 3.05) is 6.54 Å². The smallest absolute Gasteiger partial charge is 0.144 e. The number of aliphatic imine (C=N–C) groups is 1. The number of hydrogen-bond donors (Lipinski definition) is 0. The van der Waals surface area contributed by atoms with Crippen LogP contribution in [0.4, 0.5) is 0 Å². The lowest BCUT2D eigenvalue weighted by molar-refractivity contribution is 0.559. The van der Waals surface area contributed by atoms with Gasteiger partial charge in [-0.15, -0.1) is 0 Å². The predicted octanol–water partition coefficient (Wildman–Crippen LogP) is 4.06. The van der Waals surface area contributed by atoms with Gasteiger partial charge < -0.3 is 4.42 Å². The van der Waals surface area contributed by atoms with Gasteiger partial charge in [0.1, 0.15) is 5.76 Å². The molecule has 1 aromatic rings. The molecule has 1 heterocycles. The van der Waals surface area contributed by atoms with E-state index in [0.29, 0.717) is 0 Å². The molecular weight excluding hydrogens is 186 g/mol. The molecule has 1 rings (SSSR count). The van der Waals surface area contributed by atoms with Crippen molar-refractivity contribution in [2.24, 2.45) is 4.99 Å². The zero-order valence-electron chi connectivity index (χ0n) is 9.61. The molecule has 0 aromatic carbocycles. The highest BCUT2D eigenvalue weighted by molar-refractivity contribution is 5.75. The molecule has 0 aliphatic carbocycles. The number of nitrogens with zero attached hydrogens (tertiary/aromatic N) is 1. The van der Waals surface area contributed by atoms with Crippen LogP contribution in [-0.4, -0.2) is 12.8 Å². The van der Waals surface area contributed by atoms with Crippen molar-refractivity contribution >= 4 is 6.21 Å². The van der Waals surface area contributed by atoms with E-state index in [4.69, 9.17) is 4.42 Å². The van der Waals surface area contributed by atoms with E-state index in [1.807, 2.05) is 18.3 Å². The summed E-state index contributed by atoms with van der Waals surface area (Å²) in [6.45, 7) is 3.17. The second-order valence-corrected chi connectivity index (χ2v) is 3.82. The largest absolute Gasteiger partial charge is 0.463 e. The van der Waals surface area contributed by atoms with Crippen LogP contribution in [0.25, 0.3) is 0 Å². The molecular formula is C13H21NO. The lowest BCUT2D eigenvalue weighted by Crippen LogP contribution is -1.84.